The zero-order valence-electron chi connectivity index (χ0n) is 9.38. The van der Waals surface area contributed by atoms with Crippen molar-refractivity contribution < 1.29 is 5.11 Å². The van der Waals surface area contributed by atoms with Crippen LogP contribution in [0.1, 0.15) is 34.1 Å². The fourth-order valence-electron chi connectivity index (χ4n) is 2.22. The van der Waals surface area contributed by atoms with Crippen LogP contribution in [0.25, 0.3) is 0 Å². The number of aliphatic hydroxyl groups excluding tert-OH is 1. The van der Waals surface area contributed by atoms with E-state index >= 15 is 0 Å². The van der Waals surface area contributed by atoms with Crippen molar-refractivity contribution in [1.29, 1.82) is 0 Å². The minimum Gasteiger partial charge on any atom is -0.396 e. The Morgan fingerprint density at radius 1 is 1.46 bits per heavy atom. The summed E-state index contributed by atoms with van der Waals surface area (Å²) in [5.41, 5.74) is 0.275. The van der Waals surface area contributed by atoms with Crippen molar-refractivity contribution in [2.45, 2.75) is 40.2 Å². The maximum Gasteiger partial charge on any atom is 0.0465 e. The molecule has 0 radical (unpaired) electrons. The summed E-state index contributed by atoms with van der Waals surface area (Å²) >= 11 is 0. The smallest absolute Gasteiger partial charge is 0.0465 e. The number of likely N-dealkylation sites (tertiary alicyclic amines) is 1. The van der Waals surface area contributed by atoms with E-state index < -0.39 is 0 Å². The number of rotatable bonds is 2. The van der Waals surface area contributed by atoms with Gasteiger partial charge in [-0.25, -0.2) is 0 Å². The quantitative estimate of drug-likeness (QED) is 0.708. The molecule has 1 atom stereocenters. The molecule has 0 aromatic carbocycles. The molecule has 1 aliphatic rings. The average Bonchev–Trinajstić information content (AvgIpc) is 2.02. The highest BCUT2D eigenvalue weighted by Gasteiger charge is 2.35. The fraction of sp³-hybridized carbons (Fsp3) is 1.00. The highest BCUT2D eigenvalue weighted by atomic mass is 16.3. The molecule has 1 saturated heterocycles. The molecular weight excluding hydrogens is 162 g/mol. The van der Waals surface area contributed by atoms with Crippen LogP contribution in [0.2, 0.25) is 0 Å². The van der Waals surface area contributed by atoms with Gasteiger partial charge in [0.2, 0.25) is 0 Å². The molecule has 1 N–H and O–H groups in total. The SMILES string of the molecule is CC(C)N1CCC(CO)C(C)(C)C1. The maximum atomic E-state index is 9.23. The molecule has 1 unspecified atom stereocenters. The Labute approximate surface area is 81.9 Å². The molecule has 0 amide bonds. The van der Waals surface area contributed by atoms with Crippen LogP contribution >= 0.6 is 0 Å². The number of piperidine rings is 1. The summed E-state index contributed by atoms with van der Waals surface area (Å²) in [6, 6.07) is 0.638. The van der Waals surface area contributed by atoms with Crippen LogP contribution in [-0.4, -0.2) is 35.7 Å². The molecule has 1 heterocycles. The monoisotopic (exact) mass is 185 g/mol. The molecule has 0 spiro atoms. The van der Waals surface area contributed by atoms with E-state index in [0.29, 0.717) is 18.6 Å². The van der Waals surface area contributed by atoms with E-state index in [1.54, 1.807) is 0 Å². The minimum atomic E-state index is 0.275. The Kier molecular flexibility index (Phi) is 3.36. The lowest BCUT2D eigenvalue weighted by atomic mass is 9.74. The molecule has 0 saturated carbocycles. The second-order valence-corrected chi connectivity index (χ2v) is 5.22. The highest BCUT2D eigenvalue weighted by molar-refractivity contribution is 4.87. The molecule has 1 rings (SSSR count). The second kappa shape index (κ2) is 3.97. The summed E-state index contributed by atoms with van der Waals surface area (Å²) in [5, 5.41) is 9.23. The largest absolute Gasteiger partial charge is 0.396 e. The van der Waals surface area contributed by atoms with Gasteiger partial charge in [-0.2, -0.15) is 0 Å². The van der Waals surface area contributed by atoms with E-state index in [4.69, 9.17) is 0 Å². The molecule has 0 aromatic rings. The predicted molar refractivity (Wildman–Crippen MR) is 55.7 cm³/mol. The Balaban J connectivity index is 2.59. The summed E-state index contributed by atoms with van der Waals surface area (Å²) in [7, 11) is 0. The maximum absolute atomic E-state index is 9.23. The van der Waals surface area contributed by atoms with E-state index in [1.807, 2.05) is 0 Å². The molecule has 2 nitrogen and oxygen atoms in total. The van der Waals surface area contributed by atoms with Crippen LogP contribution in [0.4, 0.5) is 0 Å². The molecule has 0 aromatic heterocycles. The molecule has 13 heavy (non-hydrogen) atoms. The van der Waals surface area contributed by atoms with E-state index in [0.717, 1.165) is 19.5 Å². The van der Waals surface area contributed by atoms with Crippen LogP contribution in [-0.2, 0) is 0 Å². The van der Waals surface area contributed by atoms with Crippen molar-refractivity contribution in [3.05, 3.63) is 0 Å². The van der Waals surface area contributed by atoms with Gasteiger partial charge in [0.15, 0.2) is 0 Å². The number of hydrogen-bond acceptors (Lipinski definition) is 2. The molecule has 0 bridgehead atoms. The van der Waals surface area contributed by atoms with Gasteiger partial charge in [0.05, 0.1) is 0 Å². The first-order valence-electron chi connectivity index (χ1n) is 5.32. The average molecular weight is 185 g/mol. The fourth-order valence-corrected chi connectivity index (χ4v) is 2.22. The second-order valence-electron chi connectivity index (χ2n) is 5.22. The van der Waals surface area contributed by atoms with Crippen molar-refractivity contribution in [1.82, 2.24) is 4.90 Å². The first kappa shape index (κ1) is 11.0. The lowest BCUT2D eigenvalue weighted by molar-refractivity contribution is 0.00814. The summed E-state index contributed by atoms with van der Waals surface area (Å²) in [5.74, 6) is 0.488. The summed E-state index contributed by atoms with van der Waals surface area (Å²) in [6.07, 6.45) is 1.14. The Morgan fingerprint density at radius 3 is 2.46 bits per heavy atom. The van der Waals surface area contributed by atoms with Crippen molar-refractivity contribution >= 4 is 0 Å². The molecule has 78 valence electrons. The zero-order chi connectivity index (χ0) is 10.1. The third-order valence-corrected chi connectivity index (χ3v) is 3.43. The lowest BCUT2D eigenvalue weighted by Gasteiger charge is -2.45. The normalized spacial score (nSPS) is 29.5. The van der Waals surface area contributed by atoms with E-state index in [1.165, 1.54) is 0 Å². The molecule has 1 aliphatic heterocycles. The summed E-state index contributed by atoms with van der Waals surface area (Å²) < 4.78 is 0. The van der Waals surface area contributed by atoms with E-state index in [2.05, 4.69) is 32.6 Å². The van der Waals surface area contributed by atoms with Gasteiger partial charge in [-0.05, 0) is 38.1 Å². The van der Waals surface area contributed by atoms with Crippen molar-refractivity contribution in [3.8, 4) is 0 Å². The van der Waals surface area contributed by atoms with Crippen LogP contribution < -0.4 is 0 Å². The van der Waals surface area contributed by atoms with Crippen LogP contribution in [0.5, 0.6) is 0 Å². The first-order chi connectivity index (χ1) is 5.97. The van der Waals surface area contributed by atoms with Crippen molar-refractivity contribution in [2.75, 3.05) is 19.7 Å². The van der Waals surface area contributed by atoms with Gasteiger partial charge in [0.25, 0.3) is 0 Å². The first-order valence-corrected chi connectivity index (χ1v) is 5.32. The van der Waals surface area contributed by atoms with Gasteiger partial charge in [-0.3, -0.25) is 0 Å². The van der Waals surface area contributed by atoms with Gasteiger partial charge in [0, 0.05) is 19.2 Å². The number of nitrogens with zero attached hydrogens (tertiary/aromatic N) is 1. The van der Waals surface area contributed by atoms with Gasteiger partial charge >= 0.3 is 0 Å². The van der Waals surface area contributed by atoms with Crippen LogP contribution in [0.15, 0.2) is 0 Å². The third kappa shape index (κ3) is 2.44. The Morgan fingerprint density at radius 2 is 2.08 bits per heavy atom. The third-order valence-electron chi connectivity index (χ3n) is 3.43. The van der Waals surface area contributed by atoms with Gasteiger partial charge < -0.3 is 10.0 Å². The van der Waals surface area contributed by atoms with Crippen LogP contribution in [0, 0.1) is 11.3 Å². The Bertz CT molecular complexity index is 165. The Hall–Kier alpha value is -0.0800. The lowest BCUT2D eigenvalue weighted by Crippen LogP contribution is -2.49. The number of hydrogen-bond donors (Lipinski definition) is 1. The van der Waals surface area contributed by atoms with Crippen molar-refractivity contribution in [3.63, 3.8) is 0 Å². The highest BCUT2D eigenvalue weighted by Crippen LogP contribution is 2.34. The molecule has 2 heteroatoms. The van der Waals surface area contributed by atoms with Gasteiger partial charge in [-0.15, -0.1) is 0 Å². The topological polar surface area (TPSA) is 23.5 Å². The van der Waals surface area contributed by atoms with Gasteiger partial charge in [-0.1, -0.05) is 13.8 Å². The number of aliphatic hydroxyl groups is 1. The summed E-state index contributed by atoms with van der Waals surface area (Å²) in [6.45, 7) is 11.6. The van der Waals surface area contributed by atoms with E-state index in [-0.39, 0.29) is 5.41 Å². The van der Waals surface area contributed by atoms with Crippen LogP contribution in [0.3, 0.4) is 0 Å². The standard InChI is InChI=1S/C11H23NO/c1-9(2)12-6-5-10(7-13)11(3,4)8-12/h9-10,13H,5-8H2,1-4H3. The summed E-state index contributed by atoms with van der Waals surface area (Å²) in [4.78, 5) is 2.51. The molecule has 0 aliphatic carbocycles. The molecular formula is C11H23NO. The van der Waals surface area contributed by atoms with Crippen molar-refractivity contribution in [2.24, 2.45) is 11.3 Å². The zero-order valence-corrected chi connectivity index (χ0v) is 9.38. The molecule has 1 fully saturated rings. The predicted octanol–water partition coefficient (Wildman–Crippen LogP) is 1.74. The van der Waals surface area contributed by atoms with E-state index in [9.17, 15) is 5.11 Å². The van der Waals surface area contributed by atoms with Gasteiger partial charge in [0.1, 0.15) is 0 Å². The minimum absolute atomic E-state index is 0.275.